The van der Waals surface area contributed by atoms with Gasteiger partial charge in [-0.3, -0.25) is 0 Å². The fraction of sp³-hybridized carbons (Fsp3) is 0.727. The van der Waals surface area contributed by atoms with Crippen molar-refractivity contribution < 1.29 is 21.7 Å². The normalized spacial score (nSPS) is 19.4. The highest BCUT2D eigenvalue weighted by Gasteiger charge is 2.25. The van der Waals surface area contributed by atoms with Gasteiger partial charge >= 0.3 is 0 Å². The van der Waals surface area contributed by atoms with Gasteiger partial charge in [-0.05, 0) is 32.1 Å². The summed E-state index contributed by atoms with van der Waals surface area (Å²) in [6, 6.07) is 0. The van der Waals surface area contributed by atoms with Crippen LogP contribution in [0.3, 0.4) is 0 Å². The van der Waals surface area contributed by atoms with Crippen LogP contribution in [0.25, 0.3) is 0 Å². The second kappa shape index (κ2) is 4.05. The number of aromatic nitrogens is 2. The number of fused-ring (bicyclic) bond motifs is 3. The SMILES string of the molecule is [Br-].c1c2c(n3[n+]1CCCC3)CCCC2. The van der Waals surface area contributed by atoms with Gasteiger partial charge in [0.1, 0.15) is 0 Å². The molecule has 0 radical (unpaired) electrons. The first-order chi connectivity index (χ1) is 6.45. The van der Waals surface area contributed by atoms with Crippen LogP contribution < -0.4 is 21.7 Å². The summed E-state index contributed by atoms with van der Waals surface area (Å²) in [5.74, 6) is 0. The van der Waals surface area contributed by atoms with Crippen molar-refractivity contribution >= 4 is 0 Å². The molecule has 3 rings (SSSR count). The Kier molecular flexibility index (Phi) is 2.96. The summed E-state index contributed by atoms with van der Waals surface area (Å²) < 4.78 is 4.97. The Hall–Kier alpha value is -0.310. The van der Waals surface area contributed by atoms with Crippen LogP contribution in [0.2, 0.25) is 0 Å². The molecular weight excluding hydrogens is 240 g/mol. The summed E-state index contributed by atoms with van der Waals surface area (Å²) in [6.45, 7) is 2.50. The lowest BCUT2D eigenvalue weighted by molar-refractivity contribution is -0.782. The van der Waals surface area contributed by atoms with Crippen LogP contribution in [-0.4, -0.2) is 4.68 Å². The molecule has 0 bridgehead atoms. The molecule has 1 aliphatic carbocycles. The van der Waals surface area contributed by atoms with E-state index in [1.165, 1.54) is 51.6 Å². The molecule has 0 fully saturated rings. The van der Waals surface area contributed by atoms with Crippen molar-refractivity contribution in [2.75, 3.05) is 0 Å². The van der Waals surface area contributed by atoms with E-state index >= 15 is 0 Å². The van der Waals surface area contributed by atoms with E-state index in [0.717, 1.165) is 0 Å². The predicted molar refractivity (Wildman–Crippen MR) is 50.5 cm³/mol. The summed E-state index contributed by atoms with van der Waals surface area (Å²) in [4.78, 5) is 0. The number of aryl methyl sites for hydroxylation is 2. The largest absolute Gasteiger partial charge is 1.00 e. The highest BCUT2D eigenvalue weighted by atomic mass is 79.9. The molecule has 0 amide bonds. The molecule has 0 saturated carbocycles. The molecule has 2 heterocycles. The van der Waals surface area contributed by atoms with E-state index in [1.807, 2.05) is 0 Å². The van der Waals surface area contributed by atoms with E-state index in [-0.39, 0.29) is 17.0 Å². The number of halogens is 1. The number of hydrogen-bond acceptors (Lipinski definition) is 0. The Morgan fingerprint density at radius 2 is 1.93 bits per heavy atom. The molecule has 1 aliphatic heterocycles. The van der Waals surface area contributed by atoms with Gasteiger partial charge in [0.05, 0.1) is 12.2 Å². The Morgan fingerprint density at radius 3 is 2.86 bits per heavy atom. The summed E-state index contributed by atoms with van der Waals surface area (Å²) in [5, 5.41) is 0. The third kappa shape index (κ3) is 1.52. The standard InChI is InChI=1S/C11H17N2.BrH/c1-2-6-11-10(5-1)9-12-7-3-4-8-13(11)12;/h9H,1-8H2;1H/q+1;/p-1. The Bertz CT molecular complexity index is 300. The summed E-state index contributed by atoms with van der Waals surface area (Å²) in [6.07, 6.45) is 10.6. The molecule has 0 aromatic carbocycles. The third-order valence-electron chi connectivity index (χ3n) is 3.41. The minimum Gasteiger partial charge on any atom is -1.00 e. The van der Waals surface area contributed by atoms with Crippen molar-refractivity contribution in [2.24, 2.45) is 0 Å². The highest BCUT2D eigenvalue weighted by molar-refractivity contribution is 5.18. The van der Waals surface area contributed by atoms with E-state index in [2.05, 4.69) is 15.6 Å². The maximum absolute atomic E-state index is 2.53. The molecule has 0 N–H and O–H groups in total. The van der Waals surface area contributed by atoms with E-state index < -0.39 is 0 Å². The lowest BCUT2D eigenvalue weighted by Crippen LogP contribution is -3.00. The molecule has 3 heteroatoms. The lowest BCUT2D eigenvalue weighted by Gasteiger charge is -2.13. The molecule has 1 aromatic heterocycles. The molecule has 78 valence electrons. The molecule has 0 atom stereocenters. The first-order valence-electron chi connectivity index (χ1n) is 5.56. The molecule has 14 heavy (non-hydrogen) atoms. The van der Waals surface area contributed by atoms with Gasteiger partial charge in [-0.15, -0.1) is 4.68 Å². The minimum absolute atomic E-state index is 0. The van der Waals surface area contributed by atoms with Gasteiger partial charge in [0.25, 0.3) is 0 Å². The highest BCUT2D eigenvalue weighted by Crippen LogP contribution is 2.21. The zero-order valence-corrected chi connectivity index (χ0v) is 10.1. The number of rotatable bonds is 0. The van der Waals surface area contributed by atoms with Crippen LogP contribution in [0.1, 0.15) is 36.9 Å². The fourth-order valence-corrected chi connectivity index (χ4v) is 2.74. The monoisotopic (exact) mass is 256 g/mol. The number of nitrogens with zero attached hydrogens (tertiary/aromatic N) is 2. The Balaban J connectivity index is 0.000000750. The van der Waals surface area contributed by atoms with Crippen molar-refractivity contribution in [3.8, 4) is 0 Å². The van der Waals surface area contributed by atoms with Crippen molar-refractivity contribution in [2.45, 2.75) is 51.6 Å². The van der Waals surface area contributed by atoms with Gasteiger partial charge in [0.2, 0.25) is 0 Å². The van der Waals surface area contributed by atoms with Crippen LogP contribution in [0, 0.1) is 0 Å². The summed E-state index contributed by atoms with van der Waals surface area (Å²) >= 11 is 0. The molecule has 0 saturated heterocycles. The van der Waals surface area contributed by atoms with Crippen LogP contribution >= 0.6 is 0 Å². The number of hydrogen-bond donors (Lipinski definition) is 0. The van der Waals surface area contributed by atoms with E-state index in [9.17, 15) is 0 Å². The average Bonchev–Trinajstić information content (AvgIpc) is 2.56. The maximum atomic E-state index is 2.53. The molecule has 1 aromatic rings. The van der Waals surface area contributed by atoms with Gasteiger partial charge in [-0.1, -0.05) is 0 Å². The zero-order chi connectivity index (χ0) is 8.67. The Morgan fingerprint density at radius 1 is 1.07 bits per heavy atom. The second-order valence-corrected chi connectivity index (χ2v) is 4.30. The van der Waals surface area contributed by atoms with Gasteiger partial charge < -0.3 is 17.0 Å². The molecule has 0 unspecified atom stereocenters. The van der Waals surface area contributed by atoms with E-state index in [4.69, 9.17) is 0 Å². The second-order valence-electron chi connectivity index (χ2n) is 4.30. The van der Waals surface area contributed by atoms with Gasteiger partial charge in [0.15, 0.2) is 12.7 Å². The van der Waals surface area contributed by atoms with Crippen LogP contribution in [0.4, 0.5) is 0 Å². The minimum atomic E-state index is 0. The van der Waals surface area contributed by atoms with Crippen molar-refractivity contribution in [3.63, 3.8) is 0 Å². The van der Waals surface area contributed by atoms with Crippen molar-refractivity contribution in [1.82, 2.24) is 4.68 Å². The summed E-state index contributed by atoms with van der Waals surface area (Å²) in [7, 11) is 0. The third-order valence-corrected chi connectivity index (χ3v) is 3.41. The van der Waals surface area contributed by atoms with Gasteiger partial charge in [-0.25, -0.2) is 0 Å². The first-order valence-corrected chi connectivity index (χ1v) is 5.56. The van der Waals surface area contributed by atoms with Crippen LogP contribution in [0.5, 0.6) is 0 Å². The Labute approximate surface area is 95.7 Å². The average molecular weight is 257 g/mol. The maximum Gasteiger partial charge on any atom is 0.199 e. The first kappa shape index (κ1) is 10.2. The molecule has 2 aliphatic rings. The van der Waals surface area contributed by atoms with Crippen molar-refractivity contribution in [1.29, 1.82) is 0 Å². The fourth-order valence-electron chi connectivity index (χ4n) is 2.74. The topological polar surface area (TPSA) is 8.81 Å². The smallest absolute Gasteiger partial charge is 0.199 e. The van der Waals surface area contributed by atoms with E-state index in [1.54, 1.807) is 11.3 Å². The molecular formula is C11H17BrN2. The van der Waals surface area contributed by atoms with E-state index in [0.29, 0.717) is 0 Å². The van der Waals surface area contributed by atoms with Crippen LogP contribution in [-0.2, 0) is 25.9 Å². The van der Waals surface area contributed by atoms with Crippen molar-refractivity contribution in [3.05, 3.63) is 17.5 Å². The molecule has 2 nitrogen and oxygen atoms in total. The van der Waals surface area contributed by atoms with Crippen LogP contribution in [0.15, 0.2) is 6.20 Å². The predicted octanol–water partition coefficient (Wildman–Crippen LogP) is -1.55. The quantitative estimate of drug-likeness (QED) is 0.498. The summed E-state index contributed by atoms with van der Waals surface area (Å²) in [5.41, 5.74) is 3.28. The zero-order valence-electron chi connectivity index (χ0n) is 8.51. The lowest BCUT2D eigenvalue weighted by atomic mass is 9.98. The molecule has 0 spiro atoms. The van der Waals surface area contributed by atoms with Gasteiger partial charge in [-0.2, -0.15) is 4.68 Å². The van der Waals surface area contributed by atoms with Gasteiger partial charge in [0, 0.05) is 12.0 Å².